The van der Waals surface area contributed by atoms with Gasteiger partial charge in [0.15, 0.2) is 5.82 Å². The molecule has 3 amide bonds. The lowest BCUT2D eigenvalue weighted by molar-refractivity contribution is -0.125. The molecule has 0 fully saturated rings. The third kappa shape index (κ3) is 8.35. The summed E-state index contributed by atoms with van der Waals surface area (Å²) >= 11 is 16.6. The zero-order chi connectivity index (χ0) is 25.3. The highest BCUT2D eigenvalue weighted by Gasteiger charge is 2.27. The third-order valence-corrected chi connectivity index (χ3v) is 4.51. The van der Waals surface area contributed by atoms with Gasteiger partial charge >= 0.3 is 6.09 Å². The summed E-state index contributed by atoms with van der Waals surface area (Å²) in [6, 6.07) is -1.18. The molecule has 2 rings (SSSR count). The Labute approximate surface area is 207 Å². The molecule has 1 aliphatic rings. The summed E-state index contributed by atoms with van der Waals surface area (Å²) in [5.41, 5.74) is 2.62. The SMILES string of the molecule is CC1=C(C)C(=O)N(CC=CCC(NC(=O)OCC(Cl)(Cl)Cl)C(=O)Nc2nn[nH]n2)C(=CF)NO1. The number of halogens is 4. The van der Waals surface area contributed by atoms with Gasteiger partial charge in [-0.05, 0) is 25.5 Å². The van der Waals surface area contributed by atoms with Crippen LogP contribution in [0.3, 0.4) is 0 Å². The van der Waals surface area contributed by atoms with E-state index >= 15 is 0 Å². The molecule has 1 atom stereocenters. The first-order valence-corrected chi connectivity index (χ1v) is 10.6. The van der Waals surface area contributed by atoms with Crippen LogP contribution in [0.4, 0.5) is 15.1 Å². The number of rotatable bonds is 8. The number of alkyl halides is 3. The van der Waals surface area contributed by atoms with Crippen LogP contribution in [0.2, 0.25) is 0 Å². The maximum absolute atomic E-state index is 13.3. The third-order valence-electron chi connectivity index (χ3n) is 4.18. The molecule has 1 aliphatic heterocycles. The largest absolute Gasteiger partial charge is 0.445 e. The van der Waals surface area contributed by atoms with Gasteiger partial charge in [-0.2, -0.15) is 5.21 Å². The summed E-state index contributed by atoms with van der Waals surface area (Å²) in [6.07, 6.45) is 2.05. The first-order valence-electron chi connectivity index (χ1n) is 9.43. The molecule has 0 saturated carbocycles. The average Bonchev–Trinajstić information content (AvgIpc) is 3.26. The van der Waals surface area contributed by atoms with Crippen molar-refractivity contribution in [1.29, 1.82) is 0 Å². The van der Waals surface area contributed by atoms with Crippen molar-refractivity contribution < 1.29 is 28.3 Å². The molecule has 0 radical (unpaired) electrons. The molecular formula is C17H20Cl3FN8O5. The number of H-pyrrole nitrogens is 1. The number of carbonyl (C=O) groups is 3. The minimum atomic E-state index is -1.84. The monoisotopic (exact) mass is 540 g/mol. The van der Waals surface area contributed by atoms with Gasteiger partial charge in [-0.15, -0.1) is 5.10 Å². The fraction of sp³-hybridized carbons (Fsp3) is 0.412. The molecule has 0 saturated heterocycles. The van der Waals surface area contributed by atoms with Gasteiger partial charge in [0.2, 0.25) is 9.70 Å². The zero-order valence-electron chi connectivity index (χ0n) is 17.8. The van der Waals surface area contributed by atoms with Gasteiger partial charge in [0.05, 0.1) is 5.57 Å². The lowest BCUT2D eigenvalue weighted by Crippen LogP contribution is -2.44. The Morgan fingerprint density at radius 1 is 1.32 bits per heavy atom. The summed E-state index contributed by atoms with van der Waals surface area (Å²) in [6.45, 7) is 2.44. The number of tetrazole rings is 1. The predicted octanol–water partition coefficient (Wildman–Crippen LogP) is 1.98. The number of allylic oxidation sites excluding steroid dienone is 1. The second kappa shape index (κ2) is 12.4. The standard InChI is InChI=1S/C17H20Cl3FN8O5/c1-9-10(2)34-26-12(7-21)29(14(9)31)6-4-3-5-11(13(30)23-15-24-27-28-25-15)22-16(32)33-8-17(18,19)20/h3-4,7,11,26H,5-6,8H2,1-2H3,(H,22,32)(H2,23,24,25,27,28,30). The van der Waals surface area contributed by atoms with E-state index in [0.717, 1.165) is 4.90 Å². The lowest BCUT2D eigenvalue weighted by atomic mass is 10.1. The molecule has 0 aliphatic carbocycles. The van der Waals surface area contributed by atoms with E-state index in [4.69, 9.17) is 44.4 Å². The first-order chi connectivity index (χ1) is 16.0. The van der Waals surface area contributed by atoms with Crippen molar-refractivity contribution in [2.24, 2.45) is 0 Å². The van der Waals surface area contributed by atoms with Crippen molar-refractivity contribution in [3.8, 4) is 0 Å². The molecule has 0 aromatic carbocycles. The Bertz CT molecular complexity index is 980. The van der Waals surface area contributed by atoms with Crippen LogP contribution in [0.25, 0.3) is 0 Å². The number of hydroxylamine groups is 1. The van der Waals surface area contributed by atoms with Gasteiger partial charge in [0, 0.05) is 6.54 Å². The number of carbonyl (C=O) groups excluding carboxylic acids is 3. The Morgan fingerprint density at radius 3 is 2.68 bits per heavy atom. The Hall–Kier alpha value is -3.10. The highest BCUT2D eigenvalue weighted by molar-refractivity contribution is 6.67. The molecule has 17 heteroatoms. The number of anilines is 1. The van der Waals surface area contributed by atoms with Crippen molar-refractivity contribution >= 4 is 58.7 Å². The van der Waals surface area contributed by atoms with Gasteiger partial charge in [-0.25, -0.2) is 14.7 Å². The molecule has 186 valence electrons. The molecule has 0 spiro atoms. The minimum Gasteiger partial charge on any atom is -0.445 e. The van der Waals surface area contributed by atoms with Crippen LogP contribution in [0.5, 0.6) is 0 Å². The molecule has 0 bridgehead atoms. The van der Waals surface area contributed by atoms with Crippen molar-refractivity contribution in [1.82, 2.24) is 36.3 Å². The molecule has 34 heavy (non-hydrogen) atoms. The molecule has 1 aromatic rings. The number of aromatic nitrogens is 4. The van der Waals surface area contributed by atoms with Crippen molar-refractivity contribution in [3.05, 3.63) is 35.6 Å². The van der Waals surface area contributed by atoms with Gasteiger partial charge in [-0.3, -0.25) is 19.8 Å². The fourth-order valence-electron chi connectivity index (χ4n) is 2.37. The summed E-state index contributed by atoms with van der Waals surface area (Å²) in [4.78, 5) is 43.3. The zero-order valence-corrected chi connectivity index (χ0v) is 20.0. The number of nitrogens with zero attached hydrogens (tertiary/aromatic N) is 4. The Kier molecular flexibility index (Phi) is 9.89. The number of aromatic amines is 1. The van der Waals surface area contributed by atoms with Crippen LogP contribution in [0.15, 0.2) is 35.6 Å². The van der Waals surface area contributed by atoms with Gasteiger partial charge < -0.3 is 14.9 Å². The average molecular weight is 542 g/mol. The van der Waals surface area contributed by atoms with Crippen LogP contribution in [0, 0.1) is 0 Å². The fourth-order valence-corrected chi connectivity index (χ4v) is 2.54. The number of alkyl carbamates (subject to hydrolysis) is 1. The van der Waals surface area contributed by atoms with E-state index in [9.17, 15) is 18.8 Å². The van der Waals surface area contributed by atoms with E-state index in [-0.39, 0.29) is 42.4 Å². The highest BCUT2D eigenvalue weighted by Crippen LogP contribution is 2.25. The summed E-state index contributed by atoms with van der Waals surface area (Å²) in [7, 11) is 0. The molecule has 13 nitrogen and oxygen atoms in total. The Morgan fingerprint density at radius 2 is 2.06 bits per heavy atom. The van der Waals surface area contributed by atoms with E-state index in [2.05, 4.69) is 36.7 Å². The summed E-state index contributed by atoms with van der Waals surface area (Å²) in [5.74, 6) is -1.27. The summed E-state index contributed by atoms with van der Waals surface area (Å²) < 4.78 is 16.2. The highest BCUT2D eigenvalue weighted by atomic mass is 35.6. The van der Waals surface area contributed by atoms with Gasteiger partial charge in [-0.1, -0.05) is 52.1 Å². The number of amides is 3. The number of hydrogen-bond acceptors (Lipinski definition) is 9. The smallest absolute Gasteiger partial charge is 0.407 e. The second-order valence-electron chi connectivity index (χ2n) is 6.62. The van der Waals surface area contributed by atoms with Crippen molar-refractivity contribution in [2.45, 2.75) is 30.1 Å². The molecule has 1 aromatic heterocycles. The van der Waals surface area contributed by atoms with Gasteiger partial charge in [0.25, 0.3) is 11.9 Å². The van der Waals surface area contributed by atoms with E-state index in [1.165, 1.54) is 19.1 Å². The molecular weight excluding hydrogens is 522 g/mol. The predicted molar refractivity (Wildman–Crippen MR) is 119 cm³/mol. The number of nitrogens with one attached hydrogen (secondary N) is 4. The Balaban J connectivity index is 2.06. The first kappa shape index (κ1) is 27.1. The lowest BCUT2D eigenvalue weighted by Gasteiger charge is -2.20. The maximum atomic E-state index is 13.3. The quantitative estimate of drug-likeness (QED) is 0.284. The molecule has 4 N–H and O–H groups in total. The second-order valence-corrected chi connectivity index (χ2v) is 9.13. The van der Waals surface area contributed by atoms with Crippen LogP contribution in [-0.2, 0) is 19.2 Å². The number of hydrogen-bond donors (Lipinski definition) is 4. The van der Waals surface area contributed by atoms with Crippen molar-refractivity contribution in [2.75, 3.05) is 18.5 Å². The minimum absolute atomic E-state index is 0.0684. The van der Waals surface area contributed by atoms with Crippen LogP contribution in [-0.4, -0.2) is 66.4 Å². The maximum Gasteiger partial charge on any atom is 0.407 e. The summed E-state index contributed by atoms with van der Waals surface area (Å²) in [5, 5.41) is 17.3. The molecule has 2 heterocycles. The van der Waals surface area contributed by atoms with E-state index < -0.39 is 34.3 Å². The normalized spacial score (nSPS) is 16.7. The van der Waals surface area contributed by atoms with Crippen LogP contribution in [0.1, 0.15) is 20.3 Å². The van der Waals surface area contributed by atoms with E-state index in [1.807, 2.05) is 0 Å². The van der Waals surface area contributed by atoms with E-state index in [0.29, 0.717) is 0 Å². The topological polar surface area (TPSA) is 163 Å². The van der Waals surface area contributed by atoms with Crippen LogP contribution < -0.4 is 16.1 Å². The van der Waals surface area contributed by atoms with E-state index in [1.54, 1.807) is 6.92 Å². The van der Waals surface area contributed by atoms with Crippen LogP contribution >= 0.6 is 34.8 Å². The number of ether oxygens (including phenoxy) is 1. The van der Waals surface area contributed by atoms with Gasteiger partial charge in [0.1, 0.15) is 24.7 Å². The molecule has 1 unspecified atom stereocenters. The van der Waals surface area contributed by atoms with Crippen molar-refractivity contribution in [3.63, 3.8) is 0 Å².